The number of phenolic OH excluding ortho intramolecular Hbond substituents is 1. The van der Waals surface area contributed by atoms with E-state index in [1.54, 1.807) is 30.3 Å². The van der Waals surface area contributed by atoms with E-state index in [4.69, 9.17) is 5.73 Å². The lowest BCUT2D eigenvalue weighted by molar-refractivity contribution is -0.117. The molecule has 4 heteroatoms. The van der Waals surface area contributed by atoms with E-state index in [2.05, 4.69) is 0 Å². The summed E-state index contributed by atoms with van der Waals surface area (Å²) in [6.07, 6.45) is 0.730. The first kappa shape index (κ1) is 16.7. The number of hydrogen-bond donors (Lipinski definition) is 2. The smallest absolute Gasteiger partial charge is 0.217 e. The molecule has 0 unspecified atom stereocenters. The topological polar surface area (TPSA) is 63.3 Å². The number of primary amides is 1. The number of phenols is 1. The van der Waals surface area contributed by atoms with Crippen molar-refractivity contribution in [3.63, 3.8) is 0 Å². The van der Waals surface area contributed by atoms with Crippen molar-refractivity contribution in [1.82, 2.24) is 0 Å². The van der Waals surface area contributed by atoms with Gasteiger partial charge in [0.15, 0.2) is 0 Å². The number of nitrogens with two attached hydrogens (primary N) is 1. The zero-order valence-corrected chi connectivity index (χ0v) is 13.6. The number of hydrogen-bond acceptors (Lipinski definition) is 2. The minimum atomic E-state index is -0.367. The second kappa shape index (κ2) is 7.18. The fourth-order valence-corrected chi connectivity index (χ4v) is 2.84. The molecule has 126 valence electrons. The normalized spacial score (nSPS) is 10.6. The van der Waals surface area contributed by atoms with Gasteiger partial charge in [-0.15, -0.1) is 0 Å². The lowest BCUT2D eigenvalue weighted by atomic mass is 9.92. The third-order valence-electron chi connectivity index (χ3n) is 4.08. The van der Waals surface area contributed by atoms with Gasteiger partial charge in [-0.3, -0.25) is 4.79 Å². The van der Waals surface area contributed by atoms with E-state index in [-0.39, 0.29) is 23.9 Å². The van der Waals surface area contributed by atoms with Crippen LogP contribution in [-0.4, -0.2) is 11.0 Å². The zero-order chi connectivity index (χ0) is 17.8. The quantitative estimate of drug-likeness (QED) is 0.731. The van der Waals surface area contributed by atoms with E-state index in [0.717, 1.165) is 27.8 Å². The predicted molar refractivity (Wildman–Crippen MR) is 96.5 cm³/mol. The Labute approximate surface area is 145 Å². The highest BCUT2D eigenvalue weighted by Gasteiger charge is 2.10. The van der Waals surface area contributed by atoms with Gasteiger partial charge in [-0.2, -0.15) is 0 Å². The molecule has 3 N–H and O–H groups in total. The van der Waals surface area contributed by atoms with E-state index in [1.165, 1.54) is 12.1 Å². The fraction of sp³-hybridized carbons (Fsp3) is 0.0952. The Hall–Kier alpha value is -3.14. The maximum atomic E-state index is 13.1. The Kier molecular flexibility index (Phi) is 4.80. The lowest BCUT2D eigenvalue weighted by Gasteiger charge is -2.12. The largest absolute Gasteiger partial charge is 0.508 e. The molecule has 0 bridgehead atoms. The van der Waals surface area contributed by atoms with Gasteiger partial charge in [-0.25, -0.2) is 4.39 Å². The van der Waals surface area contributed by atoms with Gasteiger partial charge in [0.2, 0.25) is 5.91 Å². The average Bonchev–Trinajstić information content (AvgIpc) is 2.60. The molecule has 25 heavy (non-hydrogen) atoms. The molecular formula is C21H18FNO2. The fourth-order valence-electron chi connectivity index (χ4n) is 2.84. The van der Waals surface area contributed by atoms with Crippen LogP contribution in [0.1, 0.15) is 12.0 Å². The van der Waals surface area contributed by atoms with Crippen LogP contribution in [0.2, 0.25) is 0 Å². The summed E-state index contributed by atoms with van der Waals surface area (Å²) in [6.45, 7) is 0. The number of aromatic hydroxyl groups is 1. The summed E-state index contributed by atoms with van der Waals surface area (Å²) in [4.78, 5) is 11.2. The summed E-state index contributed by atoms with van der Waals surface area (Å²) in [5, 5.41) is 9.73. The molecule has 0 aliphatic rings. The van der Waals surface area contributed by atoms with E-state index in [1.807, 2.05) is 24.3 Å². The minimum absolute atomic E-state index is 0.181. The Morgan fingerprint density at radius 3 is 2.32 bits per heavy atom. The Balaban J connectivity index is 2.05. The number of carbonyl (C=O) groups is 1. The highest BCUT2D eigenvalue weighted by Crippen LogP contribution is 2.31. The molecule has 0 aliphatic heterocycles. The van der Waals surface area contributed by atoms with Gasteiger partial charge in [0.05, 0.1) is 0 Å². The molecule has 3 nitrogen and oxygen atoms in total. The van der Waals surface area contributed by atoms with Crippen LogP contribution in [0.25, 0.3) is 22.3 Å². The van der Waals surface area contributed by atoms with E-state index >= 15 is 0 Å². The molecule has 3 rings (SSSR count). The predicted octanol–water partition coefficient (Wildman–Crippen LogP) is 4.28. The highest BCUT2D eigenvalue weighted by atomic mass is 19.1. The molecule has 3 aromatic rings. The van der Waals surface area contributed by atoms with Crippen LogP contribution < -0.4 is 5.73 Å². The zero-order valence-electron chi connectivity index (χ0n) is 13.6. The SMILES string of the molecule is NC(=O)CCc1cc(-c2ccc(F)cc2)ccc1-c1cccc(O)c1. The number of rotatable bonds is 5. The summed E-state index contributed by atoms with van der Waals surface area (Å²) in [6, 6.07) is 19.1. The van der Waals surface area contributed by atoms with Crippen LogP contribution in [0.4, 0.5) is 4.39 Å². The Morgan fingerprint density at radius 2 is 1.64 bits per heavy atom. The molecule has 0 heterocycles. The van der Waals surface area contributed by atoms with Gasteiger partial charge < -0.3 is 10.8 Å². The second-order valence-corrected chi connectivity index (χ2v) is 5.90. The molecule has 0 radical (unpaired) electrons. The molecular weight excluding hydrogens is 317 g/mol. The van der Waals surface area contributed by atoms with Crippen molar-refractivity contribution in [3.05, 3.63) is 78.1 Å². The monoisotopic (exact) mass is 335 g/mol. The average molecular weight is 335 g/mol. The van der Waals surface area contributed by atoms with E-state index < -0.39 is 0 Å². The maximum Gasteiger partial charge on any atom is 0.217 e. The van der Waals surface area contributed by atoms with Crippen LogP contribution in [-0.2, 0) is 11.2 Å². The Bertz CT molecular complexity index is 904. The molecule has 1 amide bonds. The first-order valence-corrected chi connectivity index (χ1v) is 7.99. The first-order chi connectivity index (χ1) is 12.0. The third-order valence-corrected chi connectivity index (χ3v) is 4.08. The molecule has 0 fully saturated rings. The van der Waals surface area contributed by atoms with E-state index in [9.17, 15) is 14.3 Å². The summed E-state index contributed by atoms with van der Waals surface area (Å²) >= 11 is 0. The molecule has 0 saturated heterocycles. The van der Waals surface area contributed by atoms with Crippen molar-refractivity contribution in [1.29, 1.82) is 0 Å². The lowest BCUT2D eigenvalue weighted by Crippen LogP contribution is -2.11. The molecule has 3 aromatic carbocycles. The minimum Gasteiger partial charge on any atom is -0.508 e. The van der Waals surface area contributed by atoms with Crippen LogP contribution in [0.15, 0.2) is 66.7 Å². The Morgan fingerprint density at radius 1 is 0.920 bits per heavy atom. The van der Waals surface area contributed by atoms with Gasteiger partial charge in [-0.05, 0) is 58.5 Å². The summed E-state index contributed by atoms with van der Waals surface area (Å²) < 4.78 is 13.1. The van der Waals surface area contributed by atoms with Gasteiger partial charge in [-0.1, -0.05) is 42.5 Å². The number of amides is 1. The van der Waals surface area contributed by atoms with Crippen molar-refractivity contribution in [2.45, 2.75) is 12.8 Å². The van der Waals surface area contributed by atoms with Crippen molar-refractivity contribution in [3.8, 4) is 28.0 Å². The van der Waals surface area contributed by atoms with Crippen LogP contribution in [0, 0.1) is 5.82 Å². The summed E-state index contributed by atoms with van der Waals surface area (Å²) in [5.41, 5.74) is 9.87. The molecule has 0 spiro atoms. The molecule has 0 aromatic heterocycles. The van der Waals surface area contributed by atoms with Crippen molar-refractivity contribution < 1.29 is 14.3 Å². The van der Waals surface area contributed by atoms with Gasteiger partial charge in [0.1, 0.15) is 11.6 Å². The van der Waals surface area contributed by atoms with E-state index in [0.29, 0.717) is 6.42 Å². The van der Waals surface area contributed by atoms with Crippen LogP contribution in [0.3, 0.4) is 0 Å². The van der Waals surface area contributed by atoms with Crippen LogP contribution >= 0.6 is 0 Å². The van der Waals surface area contributed by atoms with Gasteiger partial charge in [0.25, 0.3) is 0 Å². The highest BCUT2D eigenvalue weighted by molar-refractivity contribution is 5.77. The van der Waals surface area contributed by atoms with Crippen molar-refractivity contribution >= 4 is 5.91 Å². The number of carbonyl (C=O) groups excluding carboxylic acids is 1. The molecule has 0 saturated carbocycles. The van der Waals surface area contributed by atoms with Gasteiger partial charge in [0, 0.05) is 6.42 Å². The number of halogens is 1. The van der Waals surface area contributed by atoms with Crippen molar-refractivity contribution in [2.24, 2.45) is 5.73 Å². The summed E-state index contributed by atoms with van der Waals surface area (Å²) in [7, 11) is 0. The summed E-state index contributed by atoms with van der Waals surface area (Å²) in [5.74, 6) is -0.468. The second-order valence-electron chi connectivity index (χ2n) is 5.90. The standard InChI is InChI=1S/C21H18FNO2/c22-18-8-4-14(5-9-18)15-6-10-20(16-2-1-3-19(24)13-16)17(12-15)7-11-21(23)25/h1-6,8-10,12-13,24H,7,11H2,(H2,23,25). The van der Waals surface area contributed by atoms with Gasteiger partial charge >= 0.3 is 0 Å². The van der Waals surface area contributed by atoms with Crippen molar-refractivity contribution in [2.75, 3.05) is 0 Å². The number of aryl methyl sites for hydroxylation is 1. The molecule has 0 atom stereocenters. The first-order valence-electron chi connectivity index (χ1n) is 7.99. The molecule has 0 aliphatic carbocycles. The van der Waals surface area contributed by atoms with Crippen LogP contribution in [0.5, 0.6) is 5.75 Å². The number of benzene rings is 3. The maximum absolute atomic E-state index is 13.1. The third kappa shape index (κ3) is 4.04.